The SMILES string of the molecule is CNC1CCC(N2CCCC(C)C2C)CC1. The van der Waals surface area contributed by atoms with Crippen molar-refractivity contribution in [3.05, 3.63) is 0 Å². The Hall–Kier alpha value is -0.0800. The highest BCUT2D eigenvalue weighted by atomic mass is 15.2. The highest BCUT2D eigenvalue weighted by molar-refractivity contribution is 4.88. The van der Waals surface area contributed by atoms with Gasteiger partial charge in [-0.25, -0.2) is 0 Å². The third-order valence-electron chi connectivity index (χ3n) is 5.00. The lowest BCUT2D eigenvalue weighted by atomic mass is 9.85. The van der Waals surface area contributed by atoms with Gasteiger partial charge in [-0.2, -0.15) is 0 Å². The Labute approximate surface area is 101 Å². The molecule has 94 valence electrons. The van der Waals surface area contributed by atoms with Gasteiger partial charge in [-0.05, 0) is 65.0 Å². The van der Waals surface area contributed by atoms with E-state index in [4.69, 9.17) is 0 Å². The van der Waals surface area contributed by atoms with Crippen LogP contribution >= 0.6 is 0 Å². The van der Waals surface area contributed by atoms with Gasteiger partial charge in [-0.3, -0.25) is 4.90 Å². The molecule has 2 heteroatoms. The van der Waals surface area contributed by atoms with Gasteiger partial charge in [0.25, 0.3) is 0 Å². The van der Waals surface area contributed by atoms with Gasteiger partial charge in [0.2, 0.25) is 0 Å². The van der Waals surface area contributed by atoms with Gasteiger partial charge >= 0.3 is 0 Å². The van der Waals surface area contributed by atoms with Crippen molar-refractivity contribution >= 4 is 0 Å². The third-order valence-corrected chi connectivity index (χ3v) is 5.00. The number of nitrogens with zero attached hydrogens (tertiary/aromatic N) is 1. The molecule has 0 radical (unpaired) electrons. The lowest BCUT2D eigenvalue weighted by molar-refractivity contribution is 0.0464. The molecule has 2 atom stereocenters. The fraction of sp³-hybridized carbons (Fsp3) is 1.00. The van der Waals surface area contributed by atoms with E-state index in [2.05, 4.69) is 31.1 Å². The van der Waals surface area contributed by atoms with Crippen LogP contribution in [-0.4, -0.2) is 36.6 Å². The molecule has 1 N–H and O–H groups in total. The molecule has 0 aromatic carbocycles. The van der Waals surface area contributed by atoms with E-state index in [0.717, 1.165) is 24.0 Å². The standard InChI is InChI=1S/C14H28N2/c1-11-5-4-10-16(12(11)2)14-8-6-13(15-3)7-9-14/h11-15H,4-10H2,1-3H3. The van der Waals surface area contributed by atoms with Crippen LogP contribution < -0.4 is 5.32 Å². The first-order valence-electron chi connectivity index (χ1n) is 7.15. The molecule has 1 heterocycles. The maximum Gasteiger partial charge on any atom is 0.00993 e. The van der Waals surface area contributed by atoms with E-state index in [9.17, 15) is 0 Å². The van der Waals surface area contributed by atoms with E-state index in [1.54, 1.807) is 0 Å². The molecule has 0 spiro atoms. The Balaban J connectivity index is 1.88. The predicted octanol–water partition coefficient (Wildman–Crippen LogP) is 2.64. The normalized spacial score (nSPS) is 42.2. The van der Waals surface area contributed by atoms with Crippen molar-refractivity contribution < 1.29 is 0 Å². The molecule has 2 fully saturated rings. The van der Waals surface area contributed by atoms with Crippen LogP contribution in [0.25, 0.3) is 0 Å². The summed E-state index contributed by atoms with van der Waals surface area (Å²) >= 11 is 0. The van der Waals surface area contributed by atoms with E-state index >= 15 is 0 Å². The van der Waals surface area contributed by atoms with Crippen molar-refractivity contribution in [1.82, 2.24) is 10.2 Å². The summed E-state index contributed by atoms with van der Waals surface area (Å²) in [6.07, 6.45) is 8.41. The summed E-state index contributed by atoms with van der Waals surface area (Å²) in [5.41, 5.74) is 0. The van der Waals surface area contributed by atoms with Crippen molar-refractivity contribution in [2.75, 3.05) is 13.6 Å². The Kier molecular flexibility index (Phi) is 4.26. The smallest absolute Gasteiger partial charge is 0.00993 e. The first kappa shape index (κ1) is 12.4. The molecule has 1 saturated carbocycles. The molecule has 16 heavy (non-hydrogen) atoms. The monoisotopic (exact) mass is 224 g/mol. The summed E-state index contributed by atoms with van der Waals surface area (Å²) in [7, 11) is 2.11. The van der Waals surface area contributed by atoms with Crippen molar-refractivity contribution in [2.24, 2.45) is 5.92 Å². The predicted molar refractivity (Wildman–Crippen MR) is 69.7 cm³/mol. The van der Waals surface area contributed by atoms with Crippen molar-refractivity contribution in [3.8, 4) is 0 Å². The summed E-state index contributed by atoms with van der Waals surface area (Å²) < 4.78 is 0. The first-order chi connectivity index (χ1) is 7.72. The van der Waals surface area contributed by atoms with Crippen molar-refractivity contribution in [3.63, 3.8) is 0 Å². The zero-order valence-corrected chi connectivity index (χ0v) is 11.2. The van der Waals surface area contributed by atoms with Gasteiger partial charge in [0, 0.05) is 18.1 Å². The molecule has 0 aromatic heterocycles. The van der Waals surface area contributed by atoms with Gasteiger partial charge in [-0.15, -0.1) is 0 Å². The van der Waals surface area contributed by atoms with Crippen LogP contribution in [0.5, 0.6) is 0 Å². The second-order valence-electron chi connectivity index (χ2n) is 5.89. The Bertz CT molecular complexity index is 209. The number of hydrogen-bond donors (Lipinski definition) is 1. The zero-order chi connectivity index (χ0) is 11.5. The topological polar surface area (TPSA) is 15.3 Å². The van der Waals surface area contributed by atoms with Gasteiger partial charge in [0.1, 0.15) is 0 Å². The number of piperidine rings is 1. The number of hydrogen-bond acceptors (Lipinski definition) is 2. The van der Waals surface area contributed by atoms with E-state index < -0.39 is 0 Å². The van der Waals surface area contributed by atoms with Crippen LogP contribution in [0.2, 0.25) is 0 Å². The number of likely N-dealkylation sites (tertiary alicyclic amines) is 1. The Morgan fingerprint density at radius 2 is 1.69 bits per heavy atom. The zero-order valence-electron chi connectivity index (χ0n) is 11.2. The van der Waals surface area contributed by atoms with Crippen LogP contribution in [0.3, 0.4) is 0 Å². The number of nitrogens with one attached hydrogen (secondary N) is 1. The summed E-state index contributed by atoms with van der Waals surface area (Å²) in [6, 6.07) is 2.47. The summed E-state index contributed by atoms with van der Waals surface area (Å²) in [5.74, 6) is 0.899. The van der Waals surface area contributed by atoms with E-state index in [-0.39, 0.29) is 0 Å². The average molecular weight is 224 g/mol. The fourth-order valence-corrected chi connectivity index (χ4v) is 3.58. The molecule has 1 aliphatic heterocycles. The highest BCUT2D eigenvalue weighted by Gasteiger charge is 2.32. The molecular weight excluding hydrogens is 196 g/mol. The maximum atomic E-state index is 3.43. The molecule has 1 aliphatic carbocycles. The van der Waals surface area contributed by atoms with E-state index in [1.807, 2.05) is 0 Å². The van der Waals surface area contributed by atoms with Crippen molar-refractivity contribution in [2.45, 2.75) is 70.5 Å². The molecule has 2 nitrogen and oxygen atoms in total. The lowest BCUT2D eigenvalue weighted by Gasteiger charge is -2.45. The van der Waals surface area contributed by atoms with Crippen LogP contribution in [-0.2, 0) is 0 Å². The first-order valence-corrected chi connectivity index (χ1v) is 7.15. The summed E-state index contributed by atoms with van der Waals surface area (Å²) in [6.45, 7) is 6.21. The Morgan fingerprint density at radius 3 is 2.31 bits per heavy atom. The molecule has 0 aromatic rings. The minimum Gasteiger partial charge on any atom is -0.317 e. The lowest BCUT2D eigenvalue weighted by Crippen LogP contribution is -2.50. The minimum atomic E-state index is 0.786. The largest absolute Gasteiger partial charge is 0.317 e. The Morgan fingerprint density at radius 1 is 1.00 bits per heavy atom. The summed E-state index contributed by atoms with van der Waals surface area (Å²) in [4.78, 5) is 2.81. The van der Waals surface area contributed by atoms with Crippen LogP contribution in [0.1, 0.15) is 52.4 Å². The third kappa shape index (κ3) is 2.60. The quantitative estimate of drug-likeness (QED) is 0.776. The molecular formula is C14H28N2. The second-order valence-corrected chi connectivity index (χ2v) is 5.89. The molecule has 0 bridgehead atoms. The van der Waals surface area contributed by atoms with Crippen LogP contribution in [0, 0.1) is 5.92 Å². The van der Waals surface area contributed by atoms with Crippen LogP contribution in [0.4, 0.5) is 0 Å². The molecule has 1 saturated heterocycles. The molecule has 2 unspecified atom stereocenters. The van der Waals surface area contributed by atoms with Crippen LogP contribution in [0.15, 0.2) is 0 Å². The molecule has 2 aliphatic rings. The van der Waals surface area contributed by atoms with Gasteiger partial charge in [-0.1, -0.05) is 6.92 Å². The summed E-state index contributed by atoms with van der Waals surface area (Å²) in [5, 5.41) is 3.43. The van der Waals surface area contributed by atoms with E-state index in [1.165, 1.54) is 45.1 Å². The van der Waals surface area contributed by atoms with Gasteiger partial charge < -0.3 is 5.32 Å². The van der Waals surface area contributed by atoms with Crippen molar-refractivity contribution in [1.29, 1.82) is 0 Å². The molecule has 0 amide bonds. The average Bonchev–Trinajstić information content (AvgIpc) is 2.33. The van der Waals surface area contributed by atoms with Gasteiger partial charge in [0.15, 0.2) is 0 Å². The maximum absolute atomic E-state index is 3.43. The van der Waals surface area contributed by atoms with Gasteiger partial charge in [0.05, 0.1) is 0 Å². The fourth-order valence-electron chi connectivity index (χ4n) is 3.58. The highest BCUT2D eigenvalue weighted by Crippen LogP contribution is 2.30. The molecule has 2 rings (SSSR count). The second kappa shape index (κ2) is 5.50. The minimum absolute atomic E-state index is 0.786. The van der Waals surface area contributed by atoms with E-state index in [0.29, 0.717) is 0 Å². The number of rotatable bonds is 2.